The molecular weight excluding hydrogens is 245 g/mol. The molecule has 0 radical (unpaired) electrons. The highest BCUT2D eigenvalue weighted by atomic mass is 19.4. The van der Waals surface area contributed by atoms with E-state index in [1.807, 2.05) is 6.92 Å². The van der Waals surface area contributed by atoms with Gasteiger partial charge in [0.25, 0.3) is 0 Å². The van der Waals surface area contributed by atoms with Crippen molar-refractivity contribution in [1.29, 1.82) is 0 Å². The molecule has 4 nitrogen and oxygen atoms in total. The van der Waals surface area contributed by atoms with Gasteiger partial charge in [0.05, 0.1) is 5.56 Å². The molecular formula is C11H13F3N4. The highest BCUT2D eigenvalue weighted by Crippen LogP contribution is 2.29. The molecule has 0 spiro atoms. The van der Waals surface area contributed by atoms with Crippen LogP contribution in [-0.2, 0) is 12.6 Å². The molecule has 0 bridgehead atoms. The Kier molecular flexibility index (Phi) is 3.25. The molecule has 0 fully saturated rings. The van der Waals surface area contributed by atoms with E-state index in [-0.39, 0.29) is 5.92 Å². The molecule has 0 saturated heterocycles. The molecule has 2 aromatic rings. The van der Waals surface area contributed by atoms with Gasteiger partial charge in [-0.15, -0.1) is 10.2 Å². The largest absolute Gasteiger partial charge is 0.417 e. The maximum Gasteiger partial charge on any atom is 0.417 e. The first-order chi connectivity index (χ1) is 8.41. The number of halogens is 3. The van der Waals surface area contributed by atoms with Gasteiger partial charge in [-0.1, -0.05) is 6.92 Å². The van der Waals surface area contributed by atoms with Crippen molar-refractivity contribution < 1.29 is 13.2 Å². The zero-order valence-electron chi connectivity index (χ0n) is 9.78. The van der Waals surface area contributed by atoms with Crippen molar-refractivity contribution in [1.82, 2.24) is 14.6 Å². The Labute approximate surface area is 102 Å². The van der Waals surface area contributed by atoms with Gasteiger partial charge in [-0.3, -0.25) is 4.40 Å². The van der Waals surface area contributed by atoms with Crippen molar-refractivity contribution in [3.63, 3.8) is 0 Å². The maximum atomic E-state index is 12.6. The molecule has 0 aliphatic heterocycles. The molecule has 2 rings (SSSR count). The summed E-state index contributed by atoms with van der Waals surface area (Å²) in [4.78, 5) is 0. The first-order valence-corrected chi connectivity index (χ1v) is 5.52. The molecule has 1 atom stereocenters. The molecule has 1 unspecified atom stereocenters. The summed E-state index contributed by atoms with van der Waals surface area (Å²) < 4.78 is 39.2. The number of nitrogens with zero attached hydrogens (tertiary/aromatic N) is 3. The van der Waals surface area contributed by atoms with E-state index in [0.717, 1.165) is 12.3 Å². The fourth-order valence-electron chi connectivity index (χ4n) is 1.64. The lowest BCUT2D eigenvalue weighted by Crippen LogP contribution is -2.15. The van der Waals surface area contributed by atoms with E-state index < -0.39 is 11.7 Å². The van der Waals surface area contributed by atoms with Crippen LogP contribution in [0.25, 0.3) is 5.65 Å². The third kappa shape index (κ3) is 2.45. The minimum absolute atomic E-state index is 0.145. The number of pyridine rings is 1. The van der Waals surface area contributed by atoms with Crippen LogP contribution in [0.3, 0.4) is 0 Å². The lowest BCUT2D eigenvalue weighted by Gasteiger charge is -2.09. The van der Waals surface area contributed by atoms with E-state index in [9.17, 15) is 13.2 Å². The van der Waals surface area contributed by atoms with Gasteiger partial charge < -0.3 is 5.73 Å². The van der Waals surface area contributed by atoms with Crippen molar-refractivity contribution >= 4 is 5.65 Å². The van der Waals surface area contributed by atoms with Crippen molar-refractivity contribution in [2.45, 2.75) is 19.5 Å². The van der Waals surface area contributed by atoms with Gasteiger partial charge in [0.2, 0.25) is 0 Å². The molecule has 2 heterocycles. The topological polar surface area (TPSA) is 56.2 Å². The van der Waals surface area contributed by atoms with Crippen LogP contribution in [0.2, 0.25) is 0 Å². The van der Waals surface area contributed by atoms with Gasteiger partial charge in [-0.05, 0) is 24.6 Å². The second kappa shape index (κ2) is 4.56. The molecule has 18 heavy (non-hydrogen) atoms. The summed E-state index contributed by atoms with van der Waals surface area (Å²) in [7, 11) is 0. The molecule has 0 aliphatic rings. The van der Waals surface area contributed by atoms with E-state index >= 15 is 0 Å². The van der Waals surface area contributed by atoms with Crippen LogP contribution >= 0.6 is 0 Å². The number of nitrogens with two attached hydrogens (primary N) is 1. The molecule has 2 N–H and O–H groups in total. The molecule has 0 saturated carbocycles. The fraction of sp³-hybridized carbons (Fsp3) is 0.455. The van der Waals surface area contributed by atoms with Crippen LogP contribution in [0.4, 0.5) is 13.2 Å². The number of alkyl halides is 3. The Balaban J connectivity index is 2.43. The van der Waals surface area contributed by atoms with Crippen molar-refractivity contribution in [3.05, 3.63) is 29.7 Å². The second-order valence-corrected chi connectivity index (χ2v) is 4.30. The molecule has 7 heteroatoms. The minimum atomic E-state index is -4.37. The van der Waals surface area contributed by atoms with E-state index in [4.69, 9.17) is 5.73 Å². The van der Waals surface area contributed by atoms with Crippen LogP contribution in [-0.4, -0.2) is 21.1 Å². The fourth-order valence-corrected chi connectivity index (χ4v) is 1.64. The van der Waals surface area contributed by atoms with Crippen molar-refractivity contribution in [2.24, 2.45) is 11.7 Å². The normalized spacial score (nSPS) is 14.1. The third-order valence-corrected chi connectivity index (χ3v) is 2.73. The number of hydrogen-bond acceptors (Lipinski definition) is 3. The number of fused-ring (bicyclic) bond motifs is 1. The minimum Gasteiger partial charge on any atom is -0.330 e. The Bertz CT molecular complexity index is 547. The lowest BCUT2D eigenvalue weighted by atomic mass is 10.1. The first kappa shape index (κ1) is 12.8. The quantitative estimate of drug-likeness (QED) is 0.914. The summed E-state index contributed by atoms with van der Waals surface area (Å²) in [6.07, 6.45) is -2.85. The number of hydrogen-bond donors (Lipinski definition) is 1. The monoisotopic (exact) mass is 258 g/mol. The van der Waals surface area contributed by atoms with Gasteiger partial charge in [-0.2, -0.15) is 13.2 Å². The SMILES string of the molecule is CC(CN)Cc1nnc2ccc(C(F)(F)F)cn12. The smallest absolute Gasteiger partial charge is 0.330 e. The van der Waals surface area contributed by atoms with Gasteiger partial charge in [-0.25, -0.2) is 0 Å². The van der Waals surface area contributed by atoms with Crippen LogP contribution in [0.1, 0.15) is 18.3 Å². The van der Waals surface area contributed by atoms with Gasteiger partial charge in [0.15, 0.2) is 5.65 Å². The van der Waals surface area contributed by atoms with E-state index in [2.05, 4.69) is 10.2 Å². The zero-order chi connectivity index (χ0) is 13.3. The average molecular weight is 258 g/mol. The predicted molar refractivity (Wildman–Crippen MR) is 59.9 cm³/mol. The second-order valence-electron chi connectivity index (χ2n) is 4.30. The van der Waals surface area contributed by atoms with Gasteiger partial charge in [0.1, 0.15) is 5.82 Å². The number of rotatable bonds is 3. The first-order valence-electron chi connectivity index (χ1n) is 5.52. The zero-order valence-corrected chi connectivity index (χ0v) is 9.78. The summed E-state index contributed by atoms with van der Waals surface area (Å²) in [5.41, 5.74) is 5.19. The van der Waals surface area contributed by atoms with Crippen molar-refractivity contribution in [2.75, 3.05) is 6.54 Å². The predicted octanol–water partition coefficient (Wildman–Crippen LogP) is 1.89. The summed E-state index contributed by atoms with van der Waals surface area (Å²) in [6, 6.07) is 2.31. The summed E-state index contributed by atoms with van der Waals surface area (Å²) >= 11 is 0. The molecule has 98 valence electrons. The maximum absolute atomic E-state index is 12.6. The molecule has 0 aromatic carbocycles. The van der Waals surface area contributed by atoms with Crippen molar-refractivity contribution in [3.8, 4) is 0 Å². The summed E-state index contributed by atoms with van der Waals surface area (Å²) in [6.45, 7) is 2.36. The average Bonchev–Trinajstić information content (AvgIpc) is 2.70. The molecule has 0 amide bonds. The molecule has 2 aromatic heterocycles. The highest BCUT2D eigenvalue weighted by molar-refractivity contribution is 5.40. The van der Waals surface area contributed by atoms with Crippen LogP contribution in [0, 0.1) is 5.92 Å². The van der Waals surface area contributed by atoms with E-state index in [1.165, 1.54) is 10.5 Å². The Morgan fingerprint density at radius 1 is 1.33 bits per heavy atom. The Morgan fingerprint density at radius 3 is 2.67 bits per heavy atom. The molecule has 0 aliphatic carbocycles. The van der Waals surface area contributed by atoms with Gasteiger partial charge >= 0.3 is 6.18 Å². The third-order valence-electron chi connectivity index (χ3n) is 2.73. The van der Waals surface area contributed by atoms with Crippen LogP contribution in [0.5, 0.6) is 0 Å². The highest BCUT2D eigenvalue weighted by Gasteiger charge is 2.31. The van der Waals surface area contributed by atoms with Crippen LogP contribution < -0.4 is 5.73 Å². The number of aromatic nitrogens is 3. The summed E-state index contributed by atoms with van der Waals surface area (Å²) in [5, 5.41) is 7.73. The van der Waals surface area contributed by atoms with Gasteiger partial charge in [0, 0.05) is 12.6 Å². The van der Waals surface area contributed by atoms with Crippen LogP contribution in [0.15, 0.2) is 18.3 Å². The lowest BCUT2D eigenvalue weighted by molar-refractivity contribution is -0.137. The summed E-state index contributed by atoms with van der Waals surface area (Å²) in [5.74, 6) is 0.640. The van der Waals surface area contributed by atoms with E-state index in [1.54, 1.807) is 0 Å². The Hall–Kier alpha value is -1.63. The van der Waals surface area contributed by atoms with E-state index in [0.29, 0.717) is 24.4 Å². The Morgan fingerprint density at radius 2 is 2.06 bits per heavy atom. The standard InChI is InChI=1S/C11H13F3N4/c1-7(5-15)4-10-17-16-9-3-2-8(6-18(9)10)11(12,13)14/h2-3,6-7H,4-5,15H2,1H3.